The highest BCUT2D eigenvalue weighted by Crippen LogP contribution is 2.38. The fraction of sp³-hybridized carbons (Fsp3) is 0.571. The summed E-state index contributed by atoms with van der Waals surface area (Å²) in [7, 11) is 0. The minimum Gasteiger partial charge on any atom is -0.508 e. The Morgan fingerprint density at radius 1 is 0.800 bits per heavy atom. The predicted molar refractivity (Wildman–Crippen MR) is 129 cm³/mol. The molecule has 30 heavy (non-hydrogen) atoms. The van der Waals surface area contributed by atoms with E-state index in [4.69, 9.17) is 4.74 Å². The van der Waals surface area contributed by atoms with E-state index >= 15 is 0 Å². The molecule has 2 heteroatoms. The summed E-state index contributed by atoms with van der Waals surface area (Å²) in [5.74, 6) is 2.10. The Kier molecular flexibility index (Phi) is 8.82. The first kappa shape index (κ1) is 24.3. The Morgan fingerprint density at radius 3 is 1.97 bits per heavy atom. The highest BCUT2D eigenvalue weighted by molar-refractivity contribution is 5.48. The predicted octanol–water partition coefficient (Wildman–Crippen LogP) is 8.31. The van der Waals surface area contributed by atoms with Crippen molar-refractivity contribution in [2.45, 2.75) is 97.8 Å². The first-order valence-corrected chi connectivity index (χ1v) is 11.8. The summed E-state index contributed by atoms with van der Waals surface area (Å²) in [4.78, 5) is 0. The second-order valence-electron chi connectivity index (χ2n) is 9.72. The number of phenolic OH excluding ortho intramolecular Hbond substituents is 1. The molecular formula is C28H42O2. The van der Waals surface area contributed by atoms with E-state index < -0.39 is 0 Å². The van der Waals surface area contributed by atoms with E-state index in [1.165, 1.54) is 42.4 Å². The number of hydrogen-bond donors (Lipinski definition) is 1. The van der Waals surface area contributed by atoms with Gasteiger partial charge in [0.2, 0.25) is 0 Å². The maximum atomic E-state index is 10.2. The monoisotopic (exact) mass is 410 g/mol. The lowest BCUT2D eigenvalue weighted by Crippen LogP contribution is -2.20. The molecule has 0 fully saturated rings. The minimum absolute atomic E-state index is 0.153. The summed E-state index contributed by atoms with van der Waals surface area (Å²) >= 11 is 0. The van der Waals surface area contributed by atoms with E-state index in [1.54, 1.807) is 0 Å². The molecule has 166 valence electrons. The number of ether oxygens (including phenoxy) is 1. The van der Waals surface area contributed by atoms with Crippen molar-refractivity contribution in [1.82, 2.24) is 0 Å². The number of unbranched alkanes of at least 4 members (excludes halogenated alkanes) is 4. The summed E-state index contributed by atoms with van der Waals surface area (Å²) in [5, 5.41) is 10.2. The largest absolute Gasteiger partial charge is 0.508 e. The maximum Gasteiger partial charge on any atom is 0.122 e. The van der Waals surface area contributed by atoms with Gasteiger partial charge in [-0.15, -0.1) is 0 Å². The van der Waals surface area contributed by atoms with Gasteiger partial charge in [0.05, 0.1) is 6.61 Å². The van der Waals surface area contributed by atoms with Crippen LogP contribution in [0.5, 0.6) is 11.5 Å². The number of phenols is 1. The van der Waals surface area contributed by atoms with Crippen LogP contribution in [0.15, 0.2) is 36.4 Å². The van der Waals surface area contributed by atoms with Crippen LogP contribution in [0.1, 0.15) is 115 Å². The Labute approximate surface area is 184 Å². The standard InChI is InChI=1S/C28H42O2/c1-8-9-10-11-12-17-30-27-16-14-23(19-25(27)21(4)5)28(6,7)22-13-15-26(29)24(18-22)20(2)3/h13-16,18-21,29H,8-12,17H2,1-7H3. The van der Waals surface area contributed by atoms with E-state index in [1.807, 2.05) is 6.07 Å². The van der Waals surface area contributed by atoms with Crippen molar-refractivity contribution in [2.75, 3.05) is 6.61 Å². The van der Waals surface area contributed by atoms with Gasteiger partial charge in [0.1, 0.15) is 11.5 Å². The summed E-state index contributed by atoms with van der Waals surface area (Å²) in [5.41, 5.74) is 4.63. The van der Waals surface area contributed by atoms with Crippen LogP contribution in [0.3, 0.4) is 0 Å². The third-order valence-electron chi connectivity index (χ3n) is 6.23. The second kappa shape index (κ2) is 10.9. The SMILES string of the molecule is CCCCCCCOc1ccc(C(C)(C)c2ccc(O)c(C(C)C)c2)cc1C(C)C. The molecule has 1 N–H and O–H groups in total. The molecule has 0 heterocycles. The Balaban J connectivity index is 2.25. The quantitative estimate of drug-likeness (QED) is 0.377. The van der Waals surface area contributed by atoms with E-state index in [0.717, 1.165) is 24.3 Å². The summed E-state index contributed by atoms with van der Waals surface area (Å²) in [6.45, 7) is 16.3. The second-order valence-corrected chi connectivity index (χ2v) is 9.72. The van der Waals surface area contributed by atoms with Crippen LogP contribution in [0.25, 0.3) is 0 Å². The molecule has 0 aliphatic heterocycles. The minimum atomic E-state index is -0.153. The lowest BCUT2D eigenvalue weighted by molar-refractivity contribution is 0.300. The average Bonchev–Trinajstić information content (AvgIpc) is 2.70. The molecule has 0 radical (unpaired) electrons. The van der Waals surface area contributed by atoms with Gasteiger partial charge >= 0.3 is 0 Å². The summed E-state index contributed by atoms with van der Waals surface area (Å²) < 4.78 is 6.19. The molecule has 0 bridgehead atoms. The van der Waals surface area contributed by atoms with Gasteiger partial charge in [-0.3, -0.25) is 0 Å². The fourth-order valence-corrected chi connectivity index (χ4v) is 3.98. The normalized spacial score (nSPS) is 12.0. The van der Waals surface area contributed by atoms with E-state index in [-0.39, 0.29) is 5.41 Å². The van der Waals surface area contributed by atoms with Gasteiger partial charge in [-0.1, -0.05) is 98.4 Å². The van der Waals surface area contributed by atoms with Crippen molar-refractivity contribution in [3.8, 4) is 11.5 Å². The van der Waals surface area contributed by atoms with E-state index in [2.05, 4.69) is 78.8 Å². The number of benzene rings is 2. The molecule has 0 spiro atoms. The molecule has 0 aliphatic carbocycles. The zero-order valence-corrected chi connectivity index (χ0v) is 20.2. The lowest BCUT2D eigenvalue weighted by Gasteiger charge is -2.29. The van der Waals surface area contributed by atoms with Crippen molar-refractivity contribution in [2.24, 2.45) is 0 Å². The van der Waals surface area contributed by atoms with Gasteiger partial charge in [-0.25, -0.2) is 0 Å². The van der Waals surface area contributed by atoms with Crippen LogP contribution in [0, 0.1) is 0 Å². The van der Waals surface area contributed by atoms with Gasteiger partial charge in [0.25, 0.3) is 0 Å². The van der Waals surface area contributed by atoms with Crippen molar-refractivity contribution < 1.29 is 9.84 Å². The summed E-state index contributed by atoms with van der Waals surface area (Å²) in [6.07, 6.45) is 6.26. The van der Waals surface area contributed by atoms with Crippen molar-refractivity contribution in [3.05, 3.63) is 58.7 Å². The van der Waals surface area contributed by atoms with Crippen LogP contribution < -0.4 is 4.74 Å². The first-order valence-electron chi connectivity index (χ1n) is 11.8. The molecule has 2 aromatic carbocycles. The Bertz CT molecular complexity index is 802. The smallest absolute Gasteiger partial charge is 0.122 e. The first-order chi connectivity index (χ1) is 14.2. The van der Waals surface area contributed by atoms with Crippen LogP contribution in [0.2, 0.25) is 0 Å². The topological polar surface area (TPSA) is 29.5 Å². The molecule has 2 nitrogen and oxygen atoms in total. The number of aromatic hydroxyl groups is 1. The van der Waals surface area contributed by atoms with Crippen LogP contribution in [-0.2, 0) is 5.41 Å². The highest BCUT2D eigenvalue weighted by Gasteiger charge is 2.26. The zero-order valence-electron chi connectivity index (χ0n) is 20.2. The van der Waals surface area contributed by atoms with Crippen LogP contribution in [0.4, 0.5) is 0 Å². The van der Waals surface area contributed by atoms with Crippen molar-refractivity contribution in [3.63, 3.8) is 0 Å². The molecule has 0 aromatic heterocycles. The molecule has 2 aromatic rings. The van der Waals surface area contributed by atoms with Crippen molar-refractivity contribution >= 4 is 0 Å². The third kappa shape index (κ3) is 6.03. The number of rotatable bonds is 11. The van der Waals surface area contributed by atoms with Gasteiger partial charge in [0.15, 0.2) is 0 Å². The van der Waals surface area contributed by atoms with Gasteiger partial charge in [-0.05, 0) is 52.6 Å². The Morgan fingerprint density at radius 2 is 1.37 bits per heavy atom. The van der Waals surface area contributed by atoms with Gasteiger partial charge < -0.3 is 9.84 Å². The molecule has 0 saturated heterocycles. The van der Waals surface area contributed by atoms with Gasteiger partial charge in [-0.2, -0.15) is 0 Å². The molecule has 0 atom stereocenters. The molecule has 0 amide bonds. The van der Waals surface area contributed by atoms with E-state index in [0.29, 0.717) is 17.6 Å². The van der Waals surface area contributed by atoms with E-state index in [9.17, 15) is 5.11 Å². The Hall–Kier alpha value is -1.96. The molecule has 0 unspecified atom stereocenters. The van der Waals surface area contributed by atoms with Crippen LogP contribution >= 0.6 is 0 Å². The summed E-state index contributed by atoms with van der Waals surface area (Å²) in [6, 6.07) is 12.7. The lowest BCUT2D eigenvalue weighted by atomic mass is 9.76. The average molecular weight is 411 g/mol. The zero-order chi connectivity index (χ0) is 22.3. The third-order valence-corrected chi connectivity index (χ3v) is 6.23. The van der Waals surface area contributed by atoms with Gasteiger partial charge in [0, 0.05) is 5.41 Å². The maximum absolute atomic E-state index is 10.2. The number of hydrogen-bond acceptors (Lipinski definition) is 2. The fourth-order valence-electron chi connectivity index (χ4n) is 3.98. The van der Waals surface area contributed by atoms with Crippen molar-refractivity contribution in [1.29, 1.82) is 0 Å². The molecule has 2 rings (SSSR count). The van der Waals surface area contributed by atoms with Crippen LogP contribution in [-0.4, -0.2) is 11.7 Å². The molecule has 0 saturated carbocycles. The highest BCUT2D eigenvalue weighted by atomic mass is 16.5. The molecule has 0 aliphatic rings. The molecular weight excluding hydrogens is 368 g/mol.